The minimum Gasteiger partial charge on any atom is -0.508 e. The number of carboxylic acids is 1. The lowest BCUT2D eigenvalue weighted by atomic mass is 9.99. The molecule has 7 N–H and O–H groups in total. The van der Waals surface area contributed by atoms with Gasteiger partial charge < -0.3 is 31.9 Å². The summed E-state index contributed by atoms with van der Waals surface area (Å²) in [7, 11) is 0. The number of thioether (sulfide) groups is 1. The van der Waals surface area contributed by atoms with Gasteiger partial charge in [0.2, 0.25) is 17.7 Å². The highest BCUT2D eigenvalue weighted by Crippen LogP contribution is 2.13. The zero-order valence-corrected chi connectivity index (χ0v) is 23.2. The summed E-state index contributed by atoms with van der Waals surface area (Å²) in [6.07, 6.45) is 2.52. The van der Waals surface area contributed by atoms with Crippen LogP contribution in [-0.2, 0) is 32.0 Å². The number of phenols is 1. The highest BCUT2D eigenvalue weighted by atomic mass is 32.2. The number of carbonyl (C=O) groups excluding carboxylic acids is 3. The number of rotatable bonds is 15. The predicted octanol–water partition coefficient (Wildman–Crippen LogP) is 1.45. The van der Waals surface area contributed by atoms with Crippen molar-refractivity contribution < 1.29 is 29.4 Å². The van der Waals surface area contributed by atoms with Crippen LogP contribution in [0.1, 0.15) is 31.4 Å². The van der Waals surface area contributed by atoms with Crippen LogP contribution in [0.5, 0.6) is 5.75 Å². The fourth-order valence-corrected chi connectivity index (χ4v) is 4.32. The maximum Gasteiger partial charge on any atom is 0.326 e. The van der Waals surface area contributed by atoms with Crippen molar-refractivity contribution in [2.24, 2.45) is 11.7 Å². The van der Waals surface area contributed by atoms with Crippen LogP contribution in [-0.4, -0.2) is 70.1 Å². The van der Waals surface area contributed by atoms with Gasteiger partial charge in [0.15, 0.2) is 0 Å². The quantitative estimate of drug-likeness (QED) is 0.191. The van der Waals surface area contributed by atoms with E-state index in [-0.39, 0.29) is 24.5 Å². The first-order chi connectivity index (χ1) is 18.5. The minimum atomic E-state index is -1.26. The smallest absolute Gasteiger partial charge is 0.326 e. The minimum absolute atomic E-state index is 0.0132. The van der Waals surface area contributed by atoms with Crippen molar-refractivity contribution in [3.63, 3.8) is 0 Å². The van der Waals surface area contributed by atoms with Crippen LogP contribution < -0.4 is 21.7 Å². The molecule has 2 aromatic carbocycles. The molecule has 3 amide bonds. The Hall–Kier alpha value is -3.57. The Morgan fingerprint density at radius 3 is 1.95 bits per heavy atom. The topological polar surface area (TPSA) is 171 Å². The van der Waals surface area contributed by atoms with Crippen LogP contribution >= 0.6 is 11.8 Å². The van der Waals surface area contributed by atoms with Gasteiger partial charge in [-0.2, -0.15) is 11.8 Å². The summed E-state index contributed by atoms with van der Waals surface area (Å²) in [6, 6.07) is 11.0. The maximum absolute atomic E-state index is 13.4. The second-order valence-corrected chi connectivity index (χ2v) is 10.6. The SMILES string of the molecule is CSCCC(N)C(=O)NC(Cc1ccccc1)C(=O)NC(C(=O)NC(Cc1ccc(O)cc1)C(=O)O)C(C)C. The summed E-state index contributed by atoms with van der Waals surface area (Å²) in [5.74, 6) is -2.60. The standard InChI is InChI=1S/C28H38N4O6S/c1-17(2)24(27(36)31-23(28(37)38)16-19-9-11-20(33)12-10-19)32-26(35)22(15-18-7-5-4-6-8-18)30-25(34)21(29)13-14-39-3/h4-12,17,21-24,33H,13-16,29H2,1-3H3,(H,30,34)(H,31,36)(H,32,35)(H,37,38). The molecular weight excluding hydrogens is 520 g/mol. The molecular formula is C28H38N4O6S. The molecule has 0 saturated heterocycles. The molecule has 4 atom stereocenters. The number of benzene rings is 2. The molecule has 10 nitrogen and oxygen atoms in total. The number of hydrogen-bond donors (Lipinski definition) is 6. The molecule has 39 heavy (non-hydrogen) atoms. The molecule has 0 aliphatic carbocycles. The fraction of sp³-hybridized carbons (Fsp3) is 0.429. The zero-order valence-electron chi connectivity index (χ0n) is 22.4. The molecule has 0 fully saturated rings. The van der Waals surface area contributed by atoms with E-state index in [0.29, 0.717) is 17.7 Å². The Morgan fingerprint density at radius 1 is 0.821 bits per heavy atom. The lowest BCUT2D eigenvalue weighted by Crippen LogP contribution is -2.59. The number of aliphatic carboxylic acids is 1. The van der Waals surface area contributed by atoms with Gasteiger partial charge in [-0.05, 0) is 47.6 Å². The number of nitrogens with one attached hydrogen (secondary N) is 3. The van der Waals surface area contributed by atoms with Crippen molar-refractivity contribution in [1.29, 1.82) is 0 Å². The van der Waals surface area contributed by atoms with Gasteiger partial charge >= 0.3 is 5.97 Å². The average Bonchev–Trinajstić information content (AvgIpc) is 2.90. The summed E-state index contributed by atoms with van der Waals surface area (Å²) >= 11 is 1.56. The lowest BCUT2D eigenvalue weighted by molar-refractivity contribution is -0.142. The highest BCUT2D eigenvalue weighted by Gasteiger charge is 2.32. The van der Waals surface area contributed by atoms with Crippen molar-refractivity contribution in [2.45, 2.75) is 57.3 Å². The van der Waals surface area contributed by atoms with Gasteiger partial charge in [0.05, 0.1) is 6.04 Å². The van der Waals surface area contributed by atoms with Crippen molar-refractivity contribution in [1.82, 2.24) is 16.0 Å². The van der Waals surface area contributed by atoms with Crippen LogP contribution in [0.2, 0.25) is 0 Å². The number of carboxylic acid groups (broad SMARTS) is 1. The first-order valence-electron chi connectivity index (χ1n) is 12.7. The van der Waals surface area contributed by atoms with E-state index in [2.05, 4.69) is 16.0 Å². The zero-order chi connectivity index (χ0) is 28.9. The van der Waals surface area contributed by atoms with E-state index < -0.39 is 47.9 Å². The van der Waals surface area contributed by atoms with E-state index in [0.717, 1.165) is 5.56 Å². The first kappa shape index (κ1) is 31.6. The molecule has 0 spiro atoms. The Balaban J connectivity index is 2.17. The molecule has 4 unspecified atom stereocenters. The average molecular weight is 559 g/mol. The van der Waals surface area contributed by atoms with Gasteiger partial charge in [-0.15, -0.1) is 0 Å². The summed E-state index contributed by atoms with van der Waals surface area (Å²) in [5, 5.41) is 27.1. The molecule has 0 aliphatic heterocycles. The summed E-state index contributed by atoms with van der Waals surface area (Å²) < 4.78 is 0. The van der Waals surface area contributed by atoms with E-state index in [1.807, 2.05) is 36.6 Å². The van der Waals surface area contributed by atoms with Gasteiger partial charge in [0, 0.05) is 12.8 Å². The van der Waals surface area contributed by atoms with Crippen molar-refractivity contribution in [2.75, 3.05) is 12.0 Å². The fourth-order valence-electron chi connectivity index (χ4n) is 3.83. The second kappa shape index (κ2) is 15.7. The number of nitrogens with two attached hydrogens (primary N) is 1. The number of amides is 3. The monoisotopic (exact) mass is 558 g/mol. The molecule has 0 saturated carbocycles. The molecule has 0 heterocycles. The van der Waals surface area contributed by atoms with Gasteiger partial charge in [-0.3, -0.25) is 14.4 Å². The lowest BCUT2D eigenvalue weighted by Gasteiger charge is -2.27. The number of aromatic hydroxyl groups is 1. The molecule has 2 aromatic rings. The summed E-state index contributed by atoms with van der Waals surface area (Å²) in [6.45, 7) is 3.45. The van der Waals surface area contributed by atoms with E-state index in [1.54, 1.807) is 37.7 Å². The van der Waals surface area contributed by atoms with Crippen LogP contribution in [0, 0.1) is 5.92 Å². The second-order valence-electron chi connectivity index (χ2n) is 9.64. The van der Waals surface area contributed by atoms with Crippen molar-refractivity contribution in [3.05, 3.63) is 65.7 Å². The Morgan fingerprint density at radius 2 is 1.38 bits per heavy atom. The van der Waals surface area contributed by atoms with Crippen LogP contribution in [0.15, 0.2) is 54.6 Å². The van der Waals surface area contributed by atoms with Crippen molar-refractivity contribution in [3.8, 4) is 5.75 Å². The highest BCUT2D eigenvalue weighted by molar-refractivity contribution is 7.98. The molecule has 0 aliphatic rings. The third-order valence-corrected chi connectivity index (χ3v) is 6.77. The van der Waals surface area contributed by atoms with Crippen LogP contribution in [0.4, 0.5) is 0 Å². The molecule has 0 radical (unpaired) electrons. The van der Waals surface area contributed by atoms with Crippen LogP contribution in [0.3, 0.4) is 0 Å². The van der Waals surface area contributed by atoms with E-state index >= 15 is 0 Å². The van der Waals surface area contributed by atoms with Gasteiger partial charge in [0.25, 0.3) is 0 Å². The van der Waals surface area contributed by atoms with E-state index in [4.69, 9.17) is 5.73 Å². The number of phenolic OH excluding ortho intramolecular Hbond substituents is 1. The molecule has 11 heteroatoms. The first-order valence-corrected chi connectivity index (χ1v) is 14.1. The predicted molar refractivity (Wildman–Crippen MR) is 151 cm³/mol. The van der Waals surface area contributed by atoms with E-state index in [1.165, 1.54) is 12.1 Å². The van der Waals surface area contributed by atoms with Gasteiger partial charge in [-0.25, -0.2) is 4.79 Å². The van der Waals surface area contributed by atoms with E-state index in [9.17, 15) is 29.4 Å². The van der Waals surface area contributed by atoms with Gasteiger partial charge in [0.1, 0.15) is 23.9 Å². The third-order valence-electron chi connectivity index (χ3n) is 6.12. The number of hydrogen-bond acceptors (Lipinski definition) is 7. The Labute approximate surface area is 233 Å². The Kier molecular flexibility index (Phi) is 12.8. The van der Waals surface area contributed by atoms with Gasteiger partial charge in [-0.1, -0.05) is 56.3 Å². The third kappa shape index (κ3) is 10.6. The van der Waals surface area contributed by atoms with Crippen molar-refractivity contribution >= 4 is 35.5 Å². The maximum atomic E-state index is 13.4. The largest absolute Gasteiger partial charge is 0.508 e. The summed E-state index contributed by atoms with van der Waals surface area (Å²) in [5.41, 5.74) is 7.42. The molecule has 0 aromatic heterocycles. The molecule has 212 valence electrons. The molecule has 0 bridgehead atoms. The molecule has 2 rings (SSSR count). The van der Waals surface area contributed by atoms with Crippen LogP contribution in [0.25, 0.3) is 0 Å². The number of carbonyl (C=O) groups is 4. The normalized spacial score (nSPS) is 14.1. The Bertz CT molecular complexity index is 1100. The summed E-state index contributed by atoms with van der Waals surface area (Å²) in [4.78, 5) is 51.2.